The molecule has 0 aliphatic rings. The molecule has 0 aromatic carbocycles. The summed E-state index contributed by atoms with van der Waals surface area (Å²) in [5.74, 6) is 1.71. The summed E-state index contributed by atoms with van der Waals surface area (Å²) in [4.78, 5) is 12.9. The van der Waals surface area contributed by atoms with E-state index in [1.165, 1.54) is 12.8 Å². The van der Waals surface area contributed by atoms with Crippen LogP contribution in [0, 0.1) is 0 Å². The Morgan fingerprint density at radius 3 is 2.50 bits per heavy atom. The number of nitrogens with zero attached hydrogens (tertiary/aromatic N) is 4. The van der Waals surface area contributed by atoms with Crippen LogP contribution in [0.25, 0.3) is 0 Å². The summed E-state index contributed by atoms with van der Waals surface area (Å²) < 4.78 is 0. The van der Waals surface area contributed by atoms with Crippen LogP contribution in [0.4, 0.5) is 11.6 Å². The fourth-order valence-electron chi connectivity index (χ4n) is 1.75. The average molecular weight is 251 g/mol. The lowest BCUT2D eigenvalue weighted by Crippen LogP contribution is -2.34. The van der Waals surface area contributed by atoms with Crippen molar-refractivity contribution in [3.05, 3.63) is 12.4 Å². The number of rotatable bonds is 7. The van der Waals surface area contributed by atoms with Gasteiger partial charge in [0.15, 0.2) is 0 Å². The number of aromatic nitrogens is 2. The first-order valence-corrected chi connectivity index (χ1v) is 6.44. The minimum atomic E-state index is 0.528. The molecule has 1 aromatic heterocycles. The zero-order chi connectivity index (χ0) is 13.5. The van der Waals surface area contributed by atoms with Gasteiger partial charge in [-0.05, 0) is 20.5 Å². The summed E-state index contributed by atoms with van der Waals surface area (Å²) in [6.45, 7) is 3.11. The molecule has 5 heteroatoms. The van der Waals surface area contributed by atoms with Gasteiger partial charge in [0.05, 0.1) is 12.4 Å². The lowest BCUT2D eigenvalue weighted by molar-refractivity contribution is 0.288. The molecular weight excluding hydrogens is 226 g/mol. The van der Waals surface area contributed by atoms with E-state index in [2.05, 4.69) is 41.2 Å². The highest BCUT2D eigenvalue weighted by molar-refractivity contribution is 5.42. The topological polar surface area (TPSA) is 44.3 Å². The van der Waals surface area contributed by atoms with E-state index in [0.717, 1.165) is 18.2 Å². The molecule has 1 heterocycles. The third kappa shape index (κ3) is 4.49. The lowest BCUT2D eigenvalue weighted by Gasteiger charge is -2.24. The quantitative estimate of drug-likeness (QED) is 0.799. The van der Waals surface area contributed by atoms with E-state index >= 15 is 0 Å². The van der Waals surface area contributed by atoms with Gasteiger partial charge in [0.25, 0.3) is 0 Å². The van der Waals surface area contributed by atoms with Crippen LogP contribution in [0.1, 0.15) is 19.8 Å². The van der Waals surface area contributed by atoms with E-state index in [-0.39, 0.29) is 0 Å². The third-order valence-corrected chi connectivity index (χ3v) is 2.95. The van der Waals surface area contributed by atoms with E-state index in [0.29, 0.717) is 6.04 Å². The molecule has 0 amide bonds. The Kier molecular flexibility index (Phi) is 5.85. The van der Waals surface area contributed by atoms with Gasteiger partial charge in [0, 0.05) is 26.7 Å². The van der Waals surface area contributed by atoms with Crippen molar-refractivity contribution in [2.45, 2.75) is 25.8 Å². The molecule has 0 aliphatic heterocycles. The first-order valence-electron chi connectivity index (χ1n) is 6.44. The zero-order valence-electron chi connectivity index (χ0n) is 12.1. The van der Waals surface area contributed by atoms with Crippen LogP contribution >= 0.6 is 0 Å². The Bertz CT molecular complexity index is 351. The predicted octanol–water partition coefficient (Wildman–Crippen LogP) is 1.68. The van der Waals surface area contributed by atoms with Crippen LogP contribution in [0.3, 0.4) is 0 Å². The first kappa shape index (κ1) is 14.7. The summed E-state index contributed by atoms with van der Waals surface area (Å²) in [7, 11) is 8.16. The van der Waals surface area contributed by atoms with Crippen molar-refractivity contribution in [3.8, 4) is 0 Å². The molecule has 0 fully saturated rings. The fourth-order valence-corrected chi connectivity index (χ4v) is 1.75. The van der Waals surface area contributed by atoms with Crippen LogP contribution in [-0.2, 0) is 0 Å². The van der Waals surface area contributed by atoms with Crippen LogP contribution < -0.4 is 10.2 Å². The largest absolute Gasteiger partial charge is 0.367 e. The second kappa shape index (κ2) is 7.16. The van der Waals surface area contributed by atoms with Gasteiger partial charge in [-0.1, -0.05) is 13.3 Å². The lowest BCUT2D eigenvalue weighted by atomic mass is 10.1. The second-order valence-corrected chi connectivity index (χ2v) is 4.94. The van der Waals surface area contributed by atoms with Crippen molar-refractivity contribution in [1.82, 2.24) is 14.9 Å². The normalized spacial score (nSPS) is 12.6. The fraction of sp³-hybridized carbons (Fsp3) is 0.692. The molecular formula is C13H25N5. The summed E-state index contributed by atoms with van der Waals surface area (Å²) >= 11 is 0. The monoisotopic (exact) mass is 251 g/mol. The van der Waals surface area contributed by atoms with Crippen molar-refractivity contribution in [2.75, 3.05) is 45.0 Å². The Balaban J connectivity index is 2.58. The number of hydrogen-bond acceptors (Lipinski definition) is 5. The Labute approximate surface area is 110 Å². The molecule has 102 valence electrons. The molecule has 0 saturated heterocycles. The number of likely N-dealkylation sites (N-methyl/N-ethyl adjacent to an activating group) is 1. The average Bonchev–Trinajstić information content (AvgIpc) is 2.34. The highest BCUT2D eigenvalue weighted by atomic mass is 15.2. The van der Waals surface area contributed by atoms with Crippen molar-refractivity contribution >= 4 is 11.6 Å². The molecule has 0 bridgehead atoms. The Morgan fingerprint density at radius 1 is 1.22 bits per heavy atom. The van der Waals surface area contributed by atoms with Gasteiger partial charge in [-0.3, -0.25) is 4.98 Å². The van der Waals surface area contributed by atoms with E-state index in [1.54, 1.807) is 12.4 Å². The molecule has 0 radical (unpaired) electrons. The summed E-state index contributed by atoms with van der Waals surface area (Å²) in [6, 6.07) is 0.528. The first-order chi connectivity index (χ1) is 8.54. The molecule has 1 aromatic rings. The number of nitrogens with one attached hydrogen (secondary N) is 1. The van der Waals surface area contributed by atoms with Crippen molar-refractivity contribution in [2.24, 2.45) is 0 Å². The summed E-state index contributed by atoms with van der Waals surface area (Å²) in [6.07, 6.45) is 5.90. The maximum Gasteiger partial charge on any atom is 0.149 e. The maximum atomic E-state index is 4.50. The smallest absolute Gasteiger partial charge is 0.149 e. The van der Waals surface area contributed by atoms with Crippen LogP contribution in [0.15, 0.2) is 12.4 Å². The zero-order valence-corrected chi connectivity index (χ0v) is 12.1. The van der Waals surface area contributed by atoms with Gasteiger partial charge in [0.2, 0.25) is 0 Å². The highest BCUT2D eigenvalue weighted by Gasteiger charge is 2.10. The van der Waals surface area contributed by atoms with Crippen LogP contribution in [0.5, 0.6) is 0 Å². The Morgan fingerprint density at radius 2 is 1.94 bits per heavy atom. The number of anilines is 2. The van der Waals surface area contributed by atoms with E-state index in [4.69, 9.17) is 0 Å². The molecule has 0 spiro atoms. The predicted molar refractivity (Wildman–Crippen MR) is 77.2 cm³/mol. The van der Waals surface area contributed by atoms with E-state index < -0.39 is 0 Å². The number of hydrogen-bond donors (Lipinski definition) is 1. The van der Waals surface area contributed by atoms with Gasteiger partial charge < -0.3 is 15.1 Å². The SMILES string of the molecule is CCCC(CNc1cncc(N(C)C)n1)N(C)C. The standard InChI is InChI=1S/C13H25N5/c1-6-7-11(17(2)3)8-15-12-9-14-10-13(16-12)18(4)5/h9-11H,6-8H2,1-5H3,(H,15,16). The van der Waals surface area contributed by atoms with Crippen LogP contribution in [-0.4, -0.2) is 55.6 Å². The molecule has 0 aliphatic carbocycles. The third-order valence-electron chi connectivity index (χ3n) is 2.95. The van der Waals surface area contributed by atoms with Crippen molar-refractivity contribution < 1.29 is 0 Å². The van der Waals surface area contributed by atoms with Gasteiger partial charge in [-0.2, -0.15) is 0 Å². The summed E-state index contributed by atoms with van der Waals surface area (Å²) in [5.41, 5.74) is 0. The van der Waals surface area contributed by atoms with Gasteiger partial charge in [0.1, 0.15) is 11.6 Å². The van der Waals surface area contributed by atoms with Crippen molar-refractivity contribution in [3.63, 3.8) is 0 Å². The molecule has 1 N–H and O–H groups in total. The molecule has 5 nitrogen and oxygen atoms in total. The van der Waals surface area contributed by atoms with Gasteiger partial charge >= 0.3 is 0 Å². The maximum absolute atomic E-state index is 4.50. The molecule has 1 rings (SSSR count). The van der Waals surface area contributed by atoms with E-state index in [1.807, 2.05) is 19.0 Å². The van der Waals surface area contributed by atoms with Crippen LogP contribution in [0.2, 0.25) is 0 Å². The van der Waals surface area contributed by atoms with Crippen molar-refractivity contribution in [1.29, 1.82) is 0 Å². The molecule has 0 saturated carbocycles. The van der Waals surface area contributed by atoms with E-state index in [9.17, 15) is 0 Å². The molecule has 1 atom stereocenters. The molecule has 1 unspecified atom stereocenters. The summed E-state index contributed by atoms with van der Waals surface area (Å²) in [5, 5.41) is 3.36. The van der Waals surface area contributed by atoms with Gasteiger partial charge in [-0.15, -0.1) is 0 Å². The second-order valence-electron chi connectivity index (χ2n) is 4.94. The minimum absolute atomic E-state index is 0.528. The van der Waals surface area contributed by atoms with Gasteiger partial charge in [-0.25, -0.2) is 4.98 Å². The minimum Gasteiger partial charge on any atom is -0.367 e. The highest BCUT2D eigenvalue weighted by Crippen LogP contribution is 2.10. The Hall–Kier alpha value is -1.36. The molecule has 18 heavy (non-hydrogen) atoms.